The monoisotopic (exact) mass is 154 g/mol. The van der Waals surface area contributed by atoms with Crippen molar-refractivity contribution in [3.8, 4) is 0 Å². The Kier molecular flexibility index (Phi) is 2.14. The fourth-order valence-corrected chi connectivity index (χ4v) is 2.45. The van der Waals surface area contributed by atoms with Gasteiger partial charge in [0.2, 0.25) is 0 Å². The van der Waals surface area contributed by atoms with Gasteiger partial charge in [0.25, 0.3) is 0 Å². The Morgan fingerprint density at radius 1 is 1.30 bits per heavy atom. The summed E-state index contributed by atoms with van der Waals surface area (Å²) in [6, 6.07) is 0. The Labute approximate surface area is 66.9 Å². The molecule has 56 valence electrons. The van der Waals surface area contributed by atoms with Crippen LogP contribution in [0.5, 0.6) is 0 Å². The third-order valence-electron chi connectivity index (χ3n) is 1.79. The van der Waals surface area contributed by atoms with Gasteiger partial charge in [-0.1, -0.05) is 13.8 Å². The van der Waals surface area contributed by atoms with Crippen molar-refractivity contribution in [2.24, 2.45) is 0 Å². The maximum absolute atomic E-state index is 2.25. The van der Waals surface area contributed by atoms with Crippen LogP contribution in [0.25, 0.3) is 0 Å². The average Bonchev–Trinajstić information content (AvgIpc) is 2.11. The SMILES string of the molecule is Cc1csc(C)c1C(C)C. The van der Waals surface area contributed by atoms with Crippen molar-refractivity contribution in [1.29, 1.82) is 0 Å². The molecule has 0 aliphatic rings. The van der Waals surface area contributed by atoms with Crippen molar-refractivity contribution in [2.75, 3.05) is 0 Å². The van der Waals surface area contributed by atoms with Gasteiger partial charge in [0.05, 0.1) is 0 Å². The van der Waals surface area contributed by atoms with Gasteiger partial charge in [-0.3, -0.25) is 0 Å². The van der Waals surface area contributed by atoms with E-state index in [1.54, 1.807) is 5.56 Å². The molecule has 0 saturated heterocycles. The summed E-state index contributed by atoms with van der Waals surface area (Å²) in [5.74, 6) is 0.686. The van der Waals surface area contributed by atoms with E-state index in [0.717, 1.165) is 0 Å². The molecule has 0 amide bonds. The molecule has 0 spiro atoms. The lowest BCUT2D eigenvalue weighted by atomic mass is 10.0. The molecule has 0 fully saturated rings. The van der Waals surface area contributed by atoms with Crippen LogP contribution in [0.2, 0.25) is 0 Å². The Morgan fingerprint density at radius 3 is 2.10 bits per heavy atom. The van der Waals surface area contributed by atoms with Gasteiger partial charge in [0, 0.05) is 4.88 Å². The van der Waals surface area contributed by atoms with Gasteiger partial charge in [0.15, 0.2) is 0 Å². The molecule has 0 N–H and O–H groups in total. The molecule has 0 saturated carbocycles. The highest BCUT2D eigenvalue weighted by Crippen LogP contribution is 2.27. The zero-order chi connectivity index (χ0) is 7.72. The highest BCUT2D eigenvalue weighted by Gasteiger charge is 2.07. The standard InChI is InChI=1S/C9H14S/c1-6(2)9-7(3)5-10-8(9)4/h5-6H,1-4H3. The first kappa shape index (κ1) is 7.80. The average molecular weight is 154 g/mol. The van der Waals surface area contributed by atoms with Crippen molar-refractivity contribution >= 4 is 11.3 Å². The van der Waals surface area contributed by atoms with Crippen LogP contribution in [0.3, 0.4) is 0 Å². The fraction of sp³-hybridized carbons (Fsp3) is 0.556. The Morgan fingerprint density at radius 2 is 1.90 bits per heavy atom. The largest absolute Gasteiger partial charge is 0.149 e. The summed E-state index contributed by atoms with van der Waals surface area (Å²) in [5.41, 5.74) is 3.00. The lowest BCUT2D eigenvalue weighted by molar-refractivity contribution is 0.855. The van der Waals surface area contributed by atoms with Crippen LogP contribution in [0, 0.1) is 13.8 Å². The third-order valence-corrected chi connectivity index (χ3v) is 2.84. The fourth-order valence-electron chi connectivity index (χ4n) is 1.44. The highest BCUT2D eigenvalue weighted by molar-refractivity contribution is 7.10. The molecule has 1 aromatic heterocycles. The second kappa shape index (κ2) is 2.75. The molecule has 0 aliphatic carbocycles. The number of thiophene rings is 1. The third kappa shape index (κ3) is 1.24. The van der Waals surface area contributed by atoms with Crippen LogP contribution in [0.4, 0.5) is 0 Å². The summed E-state index contributed by atoms with van der Waals surface area (Å²) in [5, 5.41) is 2.24. The summed E-state index contributed by atoms with van der Waals surface area (Å²) >= 11 is 1.86. The number of hydrogen-bond acceptors (Lipinski definition) is 1. The molecule has 0 nitrogen and oxygen atoms in total. The predicted octanol–water partition coefficient (Wildman–Crippen LogP) is 3.49. The van der Waals surface area contributed by atoms with Gasteiger partial charge in [0.1, 0.15) is 0 Å². The summed E-state index contributed by atoms with van der Waals surface area (Å²) in [4.78, 5) is 1.48. The van der Waals surface area contributed by atoms with Gasteiger partial charge in [-0.25, -0.2) is 0 Å². The lowest BCUT2D eigenvalue weighted by Crippen LogP contribution is -1.88. The molecule has 0 aromatic carbocycles. The Balaban J connectivity index is 3.10. The Hall–Kier alpha value is -0.300. The van der Waals surface area contributed by atoms with E-state index in [4.69, 9.17) is 0 Å². The van der Waals surface area contributed by atoms with Gasteiger partial charge in [-0.05, 0) is 36.3 Å². The van der Waals surface area contributed by atoms with E-state index >= 15 is 0 Å². The van der Waals surface area contributed by atoms with Gasteiger partial charge >= 0.3 is 0 Å². The minimum Gasteiger partial charge on any atom is -0.149 e. The van der Waals surface area contributed by atoms with Crippen LogP contribution >= 0.6 is 11.3 Å². The zero-order valence-electron chi connectivity index (χ0n) is 7.06. The summed E-state index contributed by atoms with van der Waals surface area (Å²) < 4.78 is 0. The molecule has 1 heterocycles. The quantitative estimate of drug-likeness (QED) is 0.581. The molecule has 1 rings (SSSR count). The van der Waals surface area contributed by atoms with E-state index in [1.807, 2.05) is 11.3 Å². The topological polar surface area (TPSA) is 0 Å². The van der Waals surface area contributed by atoms with Crippen molar-refractivity contribution in [3.63, 3.8) is 0 Å². The van der Waals surface area contributed by atoms with Gasteiger partial charge < -0.3 is 0 Å². The lowest BCUT2D eigenvalue weighted by Gasteiger charge is -2.04. The molecular formula is C9H14S. The summed E-state index contributed by atoms with van der Waals surface area (Å²) in [6.45, 7) is 8.90. The van der Waals surface area contributed by atoms with Crippen molar-refractivity contribution < 1.29 is 0 Å². The van der Waals surface area contributed by atoms with Crippen LogP contribution in [-0.2, 0) is 0 Å². The van der Waals surface area contributed by atoms with Crippen LogP contribution < -0.4 is 0 Å². The first-order chi connectivity index (χ1) is 4.63. The second-order valence-electron chi connectivity index (χ2n) is 3.04. The van der Waals surface area contributed by atoms with E-state index in [9.17, 15) is 0 Å². The van der Waals surface area contributed by atoms with Gasteiger partial charge in [-0.2, -0.15) is 0 Å². The number of hydrogen-bond donors (Lipinski definition) is 0. The maximum atomic E-state index is 2.25. The van der Waals surface area contributed by atoms with E-state index in [2.05, 4.69) is 33.1 Å². The second-order valence-corrected chi connectivity index (χ2v) is 4.13. The molecule has 0 radical (unpaired) electrons. The zero-order valence-corrected chi connectivity index (χ0v) is 7.88. The molecular weight excluding hydrogens is 140 g/mol. The number of aryl methyl sites for hydroxylation is 2. The molecule has 1 heteroatoms. The van der Waals surface area contributed by atoms with Crippen LogP contribution in [0.15, 0.2) is 5.38 Å². The first-order valence-corrected chi connectivity index (χ1v) is 4.55. The highest BCUT2D eigenvalue weighted by atomic mass is 32.1. The smallest absolute Gasteiger partial charge is 0.00515 e. The Bertz CT molecular complexity index is 201. The molecule has 0 bridgehead atoms. The van der Waals surface area contributed by atoms with E-state index in [1.165, 1.54) is 10.4 Å². The molecule has 0 unspecified atom stereocenters. The molecule has 0 atom stereocenters. The summed E-state index contributed by atoms with van der Waals surface area (Å²) in [6.07, 6.45) is 0. The minimum atomic E-state index is 0.686. The van der Waals surface area contributed by atoms with Crippen molar-refractivity contribution in [3.05, 3.63) is 21.4 Å². The minimum absolute atomic E-state index is 0.686. The molecule has 10 heavy (non-hydrogen) atoms. The maximum Gasteiger partial charge on any atom is 0.00515 e. The molecule has 0 aliphatic heterocycles. The van der Waals surface area contributed by atoms with Crippen molar-refractivity contribution in [1.82, 2.24) is 0 Å². The van der Waals surface area contributed by atoms with E-state index in [0.29, 0.717) is 5.92 Å². The van der Waals surface area contributed by atoms with E-state index in [-0.39, 0.29) is 0 Å². The normalized spacial score (nSPS) is 10.9. The first-order valence-electron chi connectivity index (χ1n) is 3.67. The number of rotatable bonds is 1. The molecule has 1 aromatic rings. The summed E-state index contributed by atoms with van der Waals surface area (Å²) in [7, 11) is 0. The van der Waals surface area contributed by atoms with Crippen LogP contribution in [0.1, 0.15) is 35.8 Å². The van der Waals surface area contributed by atoms with E-state index < -0.39 is 0 Å². The predicted molar refractivity (Wildman–Crippen MR) is 47.9 cm³/mol. The van der Waals surface area contributed by atoms with Crippen molar-refractivity contribution in [2.45, 2.75) is 33.6 Å². The van der Waals surface area contributed by atoms with Gasteiger partial charge in [-0.15, -0.1) is 11.3 Å². The van der Waals surface area contributed by atoms with Crippen LogP contribution in [-0.4, -0.2) is 0 Å².